The van der Waals surface area contributed by atoms with Crippen LogP contribution in [0.25, 0.3) is 0 Å². The van der Waals surface area contributed by atoms with E-state index in [-0.39, 0.29) is 36.5 Å². The minimum atomic E-state index is -0.249. The molecule has 2 aliphatic heterocycles. The molecule has 1 aromatic heterocycles. The molecule has 0 aliphatic carbocycles. The number of aryl methyl sites for hydroxylation is 1. The van der Waals surface area contributed by atoms with E-state index < -0.39 is 0 Å². The van der Waals surface area contributed by atoms with Crippen LogP contribution in [0.5, 0.6) is 0 Å². The van der Waals surface area contributed by atoms with Crippen LogP contribution in [0.4, 0.5) is 4.79 Å². The first-order valence-electron chi connectivity index (χ1n) is 10.1. The van der Waals surface area contributed by atoms with Gasteiger partial charge >= 0.3 is 6.09 Å². The number of carbonyl (C=O) groups is 2. The number of carbonyl (C=O) groups excluding carboxylic acids is 2. The zero-order chi connectivity index (χ0) is 19.5. The van der Waals surface area contributed by atoms with Crippen molar-refractivity contribution >= 4 is 11.9 Å². The maximum absolute atomic E-state index is 13.0. The Balaban J connectivity index is 1.42. The Morgan fingerprint density at radius 1 is 1.07 bits per heavy atom. The molecule has 2 unspecified atom stereocenters. The number of Topliss-reactive ketones (excluding diaryl/α,β-unsaturated/α-hetero) is 1. The van der Waals surface area contributed by atoms with Gasteiger partial charge in [0.15, 0.2) is 5.78 Å². The molecule has 5 heteroatoms. The smallest absolute Gasteiger partial charge is 0.410 e. The van der Waals surface area contributed by atoms with Crippen molar-refractivity contribution in [2.24, 2.45) is 5.92 Å². The van der Waals surface area contributed by atoms with Gasteiger partial charge in [-0.1, -0.05) is 30.3 Å². The Morgan fingerprint density at radius 2 is 1.79 bits per heavy atom. The number of aromatic nitrogens is 1. The Kier molecular flexibility index (Phi) is 5.42. The number of ketones is 1. The molecule has 2 fully saturated rings. The second-order valence-electron chi connectivity index (χ2n) is 7.91. The van der Waals surface area contributed by atoms with Gasteiger partial charge in [-0.05, 0) is 56.7 Å². The van der Waals surface area contributed by atoms with E-state index in [4.69, 9.17) is 4.74 Å². The van der Waals surface area contributed by atoms with Gasteiger partial charge in [-0.15, -0.1) is 0 Å². The molecule has 2 saturated heterocycles. The standard InChI is InChI=1S/C23H26N2O3/c1-16-10-11-18(14-24-16)22(26)19-12-20-8-5-9-21(13-19)25(20)23(27)28-15-17-6-3-2-4-7-17/h2-4,6-7,10-11,14,19-21H,5,8-9,12-13,15H2,1H3. The van der Waals surface area contributed by atoms with E-state index >= 15 is 0 Å². The molecule has 2 bridgehead atoms. The molecule has 146 valence electrons. The molecule has 0 N–H and O–H groups in total. The van der Waals surface area contributed by atoms with Crippen LogP contribution in [0.1, 0.15) is 53.7 Å². The summed E-state index contributed by atoms with van der Waals surface area (Å²) in [4.78, 5) is 31.9. The monoisotopic (exact) mass is 378 g/mol. The Labute approximate surface area is 165 Å². The molecule has 2 atom stereocenters. The summed E-state index contributed by atoms with van der Waals surface area (Å²) in [6.07, 6.45) is 5.83. The SMILES string of the molecule is Cc1ccc(C(=O)C2CC3CCCC(C2)N3C(=O)OCc2ccccc2)cn1. The average Bonchev–Trinajstić information content (AvgIpc) is 2.72. The molecule has 0 saturated carbocycles. The number of amides is 1. The van der Waals surface area contributed by atoms with Gasteiger partial charge in [0.1, 0.15) is 6.61 Å². The number of fused-ring (bicyclic) bond motifs is 2. The molecule has 3 heterocycles. The third-order valence-electron chi connectivity index (χ3n) is 5.96. The van der Waals surface area contributed by atoms with Gasteiger partial charge in [-0.25, -0.2) is 4.79 Å². The van der Waals surface area contributed by atoms with E-state index in [2.05, 4.69) is 4.98 Å². The molecule has 4 rings (SSSR count). The lowest BCUT2D eigenvalue weighted by atomic mass is 9.76. The van der Waals surface area contributed by atoms with Gasteiger partial charge in [-0.3, -0.25) is 9.78 Å². The van der Waals surface area contributed by atoms with Gasteiger partial charge in [0.05, 0.1) is 0 Å². The molecule has 28 heavy (non-hydrogen) atoms. The third-order valence-corrected chi connectivity index (χ3v) is 5.96. The van der Waals surface area contributed by atoms with E-state index in [0.29, 0.717) is 18.4 Å². The van der Waals surface area contributed by atoms with Crippen molar-refractivity contribution in [1.29, 1.82) is 0 Å². The van der Waals surface area contributed by atoms with Crippen molar-refractivity contribution in [3.8, 4) is 0 Å². The summed E-state index contributed by atoms with van der Waals surface area (Å²) in [6, 6.07) is 13.6. The summed E-state index contributed by atoms with van der Waals surface area (Å²) in [5.41, 5.74) is 2.57. The molecule has 2 aliphatic rings. The number of nitrogens with zero attached hydrogens (tertiary/aromatic N) is 2. The van der Waals surface area contributed by atoms with Crippen LogP contribution in [0.2, 0.25) is 0 Å². The number of hydrogen-bond acceptors (Lipinski definition) is 4. The minimum Gasteiger partial charge on any atom is -0.445 e. The van der Waals surface area contributed by atoms with Crippen LogP contribution in [-0.2, 0) is 11.3 Å². The first kappa shape index (κ1) is 18.7. The van der Waals surface area contributed by atoms with E-state index in [0.717, 1.165) is 30.5 Å². The van der Waals surface area contributed by atoms with E-state index in [1.807, 2.05) is 54.3 Å². The molecule has 1 aromatic carbocycles. The highest BCUT2D eigenvalue weighted by atomic mass is 16.6. The number of rotatable bonds is 4. The predicted octanol–water partition coefficient (Wildman–Crippen LogP) is 4.54. The normalized spacial score (nSPS) is 23.9. The molecular weight excluding hydrogens is 352 g/mol. The van der Waals surface area contributed by atoms with Gasteiger partial charge in [0.25, 0.3) is 0 Å². The summed E-state index contributed by atoms with van der Waals surface area (Å²) < 4.78 is 5.59. The van der Waals surface area contributed by atoms with Gasteiger partial charge in [-0.2, -0.15) is 0 Å². The molecular formula is C23H26N2O3. The van der Waals surface area contributed by atoms with Crippen molar-refractivity contribution in [2.75, 3.05) is 0 Å². The molecule has 0 radical (unpaired) electrons. The molecule has 1 amide bonds. The fraction of sp³-hybridized carbons (Fsp3) is 0.435. The van der Waals surface area contributed by atoms with Crippen molar-refractivity contribution in [1.82, 2.24) is 9.88 Å². The number of pyridine rings is 1. The van der Waals surface area contributed by atoms with Gasteiger partial charge in [0, 0.05) is 35.5 Å². The molecule has 0 spiro atoms. The Morgan fingerprint density at radius 3 is 2.43 bits per heavy atom. The minimum absolute atomic E-state index is 0.0435. The number of benzene rings is 1. The number of ether oxygens (including phenoxy) is 1. The van der Waals surface area contributed by atoms with Crippen LogP contribution in [0.15, 0.2) is 48.7 Å². The van der Waals surface area contributed by atoms with E-state index in [9.17, 15) is 9.59 Å². The van der Waals surface area contributed by atoms with Gasteiger partial charge in [0.2, 0.25) is 0 Å². The fourth-order valence-corrected chi connectivity index (χ4v) is 4.54. The lowest BCUT2D eigenvalue weighted by molar-refractivity contribution is 0.00472. The van der Waals surface area contributed by atoms with E-state index in [1.165, 1.54) is 0 Å². The largest absolute Gasteiger partial charge is 0.445 e. The summed E-state index contributed by atoms with van der Waals surface area (Å²) in [5, 5.41) is 0. The maximum Gasteiger partial charge on any atom is 0.410 e. The van der Waals surface area contributed by atoms with Crippen LogP contribution >= 0.6 is 0 Å². The summed E-state index contributed by atoms with van der Waals surface area (Å²) in [5.74, 6) is 0.111. The van der Waals surface area contributed by atoms with Crippen molar-refractivity contribution < 1.29 is 14.3 Å². The van der Waals surface area contributed by atoms with Crippen LogP contribution in [0.3, 0.4) is 0 Å². The van der Waals surface area contributed by atoms with Crippen LogP contribution < -0.4 is 0 Å². The van der Waals surface area contributed by atoms with Crippen molar-refractivity contribution in [3.05, 3.63) is 65.5 Å². The number of hydrogen-bond donors (Lipinski definition) is 0. The lowest BCUT2D eigenvalue weighted by Crippen LogP contribution is -2.55. The van der Waals surface area contributed by atoms with Gasteiger partial charge < -0.3 is 9.64 Å². The summed E-state index contributed by atoms with van der Waals surface area (Å²) >= 11 is 0. The van der Waals surface area contributed by atoms with Crippen molar-refractivity contribution in [3.63, 3.8) is 0 Å². The summed E-state index contributed by atoms with van der Waals surface area (Å²) in [7, 11) is 0. The fourth-order valence-electron chi connectivity index (χ4n) is 4.54. The number of piperidine rings is 2. The predicted molar refractivity (Wildman–Crippen MR) is 106 cm³/mol. The van der Waals surface area contributed by atoms with Crippen molar-refractivity contribution in [2.45, 2.75) is 57.7 Å². The van der Waals surface area contributed by atoms with E-state index in [1.54, 1.807) is 6.20 Å². The highest BCUT2D eigenvalue weighted by Crippen LogP contribution is 2.38. The quantitative estimate of drug-likeness (QED) is 0.733. The lowest BCUT2D eigenvalue weighted by Gasteiger charge is -2.47. The molecule has 2 aromatic rings. The first-order valence-corrected chi connectivity index (χ1v) is 10.1. The third kappa shape index (κ3) is 3.93. The topological polar surface area (TPSA) is 59.5 Å². The Hall–Kier alpha value is -2.69. The zero-order valence-electron chi connectivity index (χ0n) is 16.2. The first-order chi connectivity index (χ1) is 13.6. The Bertz CT molecular complexity index is 821. The highest BCUT2D eigenvalue weighted by molar-refractivity contribution is 5.97. The molecule has 5 nitrogen and oxygen atoms in total. The average molecular weight is 378 g/mol. The highest BCUT2D eigenvalue weighted by Gasteiger charge is 2.43. The second-order valence-corrected chi connectivity index (χ2v) is 7.91. The van der Waals surface area contributed by atoms with Crippen LogP contribution in [-0.4, -0.2) is 33.8 Å². The van der Waals surface area contributed by atoms with Crippen LogP contribution in [0, 0.1) is 12.8 Å². The second kappa shape index (κ2) is 8.13. The summed E-state index contributed by atoms with van der Waals surface area (Å²) in [6.45, 7) is 2.20. The maximum atomic E-state index is 13.0. The zero-order valence-corrected chi connectivity index (χ0v) is 16.2.